The summed E-state index contributed by atoms with van der Waals surface area (Å²) in [5.74, 6) is 0.240. The van der Waals surface area contributed by atoms with Crippen molar-refractivity contribution >= 4 is 10.0 Å². The Morgan fingerprint density at radius 3 is 2.23 bits per heavy atom. The molecule has 0 amide bonds. The van der Waals surface area contributed by atoms with E-state index in [0.717, 1.165) is 12.8 Å². The predicted octanol–water partition coefficient (Wildman–Crippen LogP) is 0.695. The number of ether oxygens (including phenoxy) is 1. The van der Waals surface area contributed by atoms with E-state index in [1.165, 1.54) is 4.31 Å². The summed E-state index contributed by atoms with van der Waals surface area (Å²) in [6, 6.07) is 0. The molecule has 0 aliphatic rings. The van der Waals surface area contributed by atoms with Gasteiger partial charge in [0.15, 0.2) is 0 Å². The van der Waals surface area contributed by atoms with Crippen molar-refractivity contribution in [1.29, 1.82) is 0 Å². The lowest BCUT2D eigenvalue weighted by molar-refractivity contribution is 0.192. The van der Waals surface area contributed by atoms with Crippen molar-refractivity contribution in [1.82, 2.24) is 4.31 Å². The molecular formula is C8H19NO3S. The Balaban J connectivity index is 3.53. The van der Waals surface area contributed by atoms with Gasteiger partial charge in [0.05, 0.1) is 5.75 Å². The largest absolute Gasteiger partial charge is 0.385 e. The molecule has 0 heterocycles. The van der Waals surface area contributed by atoms with Gasteiger partial charge in [0.1, 0.15) is 0 Å². The second kappa shape index (κ2) is 6.34. The minimum absolute atomic E-state index is 0.240. The van der Waals surface area contributed by atoms with Gasteiger partial charge in [0, 0.05) is 27.8 Å². The van der Waals surface area contributed by atoms with Gasteiger partial charge in [0.2, 0.25) is 10.0 Å². The van der Waals surface area contributed by atoms with E-state index in [4.69, 9.17) is 4.74 Å². The SMILES string of the molecule is COCCCCCS(=O)(=O)N(C)C. The van der Waals surface area contributed by atoms with Crippen LogP contribution in [0.5, 0.6) is 0 Å². The first-order chi connectivity index (χ1) is 6.00. The van der Waals surface area contributed by atoms with E-state index in [9.17, 15) is 8.42 Å². The number of nitrogens with zero attached hydrogens (tertiary/aromatic N) is 1. The summed E-state index contributed by atoms with van der Waals surface area (Å²) in [6.07, 6.45) is 2.55. The molecule has 0 atom stereocenters. The van der Waals surface area contributed by atoms with E-state index in [2.05, 4.69) is 0 Å². The van der Waals surface area contributed by atoms with Crippen LogP contribution in [0.25, 0.3) is 0 Å². The first-order valence-corrected chi connectivity index (χ1v) is 6.01. The fraction of sp³-hybridized carbons (Fsp3) is 1.00. The van der Waals surface area contributed by atoms with Crippen LogP contribution in [0.4, 0.5) is 0 Å². The Morgan fingerprint density at radius 2 is 1.77 bits per heavy atom. The molecule has 5 heteroatoms. The molecule has 0 spiro atoms. The summed E-state index contributed by atoms with van der Waals surface area (Å²) < 4.78 is 28.6. The second-order valence-corrected chi connectivity index (χ2v) is 5.45. The molecule has 0 radical (unpaired) electrons. The molecule has 0 aliphatic heterocycles. The van der Waals surface area contributed by atoms with E-state index in [1.54, 1.807) is 21.2 Å². The summed E-state index contributed by atoms with van der Waals surface area (Å²) in [5.41, 5.74) is 0. The zero-order valence-corrected chi connectivity index (χ0v) is 9.43. The van der Waals surface area contributed by atoms with E-state index in [0.29, 0.717) is 13.0 Å². The zero-order chi connectivity index (χ0) is 10.3. The average molecular weight is 209 g/mol. The third kappa shape index (κ3) is 6.01. The lowest BCUT2D eigenvalue weighted by Crippen LogP contribution is -2.25. The molecule has 0 aromatic carbocycles. The molecule has 0 unspecified atom stereocenters. The fourth-order valence-corrected chi connectivity index (χ4v) is 1.82. The van der Waals surface area contributed by atoms with Crippen molar-refractivity contribution in [2.24, 2.45) is 0 Å². The first-order valence-electron chi connectivity index (χ1n) is 4.40. The molecule has 0 saturated heterocycles. The van der Waals surface area contributed by atoms with Crippen molar-refractivity contribution < 1.29 is 13.2 Å². The Bertz CT molecular complexity index is 211. The Kier molecular flexibility index (Phi) is 6.28. The molecule has 13 heavy (non-hydrogen) atoms. The fourth-order valence-electron chi connectivity index (χ4n) is 0.890. The average Bonchev–Trinajstić information content (AvgIpc) is 2.03. The maximum absolute atomic E-state index is 11.3. The van der Waals surface area contributed by atoms with Crippen LogP contribution in [0.2, 0.25) is 0 Å². The summed E-state index contributed by atoms with van der Waals surface area (Å²) in [4.78, 5) is 0. The quantitative estimate of drug-likeness (QED) is 0.580. The van der Waals surface area contributed by atoms with Crippen LogP contribution in [0, 0.1) is 0 Å². The Hall–Kier alpha value is -0.130. The smallest absolute Gasteiger partial charge is 0.213 e. The predicted molar refractivity (Wildman–Crippen MR) is 53.2 cm³/mol. The second-order valence-electron chi connectivity index (χ2n) is 3.15. The van der Waals surface area contributed by atoms with Crippen molar-refractivity contribution in [2.75, 3.05) is 33.6 Å². The summed E-state index contributed by atoms with van der Waals surface area (Å²) >= 11 is 0. The van der Waals surface area contributed by atoms with Gasteiger partial charge < -0.3 is 4.74 Å². The monoisotopic (exact) mass is 209 g/mol. The van der Waals surface area contributed by atoms with Gasteiger partial charge in [-0.05, 0) is 12.8 Å². The standard InChI is InChI=1S/C8H19NO3S/c1-9(2)13(10,11)8-6-4-5-7-12-3/h4-8H2,1-3H3. The molecule has 0 rings (SSSR count). The van der Waals surface area contributed by atoms with Gasteiger partial charge in [-0.15, -0.1) is 0 Å². The zero-order valence-electron chi connectivity index (χ0n) is 8.62. The molecular weight excluding hydrogens is 190 g/mol. The van der Waals surface area contributed by atoms with E-state index in [1.807, 2.05) is 0 Å². The van der Waals surface area contributed by atoms with E-state index in [-0.39, 0.29) is 5.75 Å². The molecule has 80 valence electrons. The van der Waals surface area contributed by atoms with Gasteiger partial charge in [0.25, 0.3) is 0 Å². The summed E-state index contributed by atoms with van der Waals surface area (Å²) in [7, 11) is 1.78. The van der Waals surface area contributed by atoms with Crippen molar-refractivity contribution in [3.63, 3.8) is 0 Å². The number of sulfonamides is 1. The molecule has 0 aliphatic carbocycles. The van der Waals surface area contributed by atoms with Crippen molar-refractivity contribution in [2.45, 2.75) is 19.3 Å². The summed E-state index contributed by atoms with van der Waals surface area (Å²) in [5, 5.41) is 0. The third-order valence-electron chi connectivity index (χ3n) is 1.81. The van der Waals surface area contributed by atoms with Crippen LogP contribution in [-0.2, 0) is 14.8 Å². The molecule has 0 aromatic rings. The van der Waals surface area contributed by atoms with Crippen LogP contribution in [0.3, 0.4) is 0 Å². The minimum Gasteiger partial charge on any atom is -0.385 e. The van der Waals surface area contributed by atoms with Crippen molar-refractivity contribution in [3.05, 3.63) is 0 Å². The molecule has 0 saturated carbocycles. The topological polar surface area (TPSA) is 46.6 Å². The van der Waals surface area contributed by atoms with Crippen LogP contribution >= 0.6 is 0 Å². The van der Waals surface area contributed by atoms with Crippen LogP contribution < -0.4 is 0 Å². The van der Waals surface area contributed by atoms with Gasteiger partial charge in [-0.1, -0.05) is 6.42 Å². The molecule has 0 N–H and O–H groups in total. The number of hydrogen-bond acceptors (Lipinski definition) is 3. The van der Waals surface area contributed by atoms with Gasteiger partial charge in [-0.25, -0.2) is 12.7 Å². The highest BCUT2D eigenvalue weighted by Gasteiger charge is 2.11. The highest BCUT2D eigenvalue weighted by molar-refractivity contribution is 7.89. The third-order valence-corrected chi connectivity index (χ3v) is 3.72. The minimum atomic E-state index is -2.99. The van der Waals surface area contributed by atoms with Gasteiger partial charge in [-0.3, -0.25) is 0 Å². The van der Waals surface area contributed by atoms with Crippen LogP contribution in [-0.4, -0.2) is 46.3 Å². The number of unbranched alkanes of at least 4 members (excludes halogenated alkanes) is 2. The van der Waals surface area contributed by atoms with Gasteiger partial charge >= 0.3 is 0 Å². The first kappa shape index (κ1) is 12.9. The molecule has 0 fully saturated rings. The highest BCUT2D eigenvalue weighted by Crippen LogP contribution is 2.02. The molecule has 4 nitrogen and oxygen atoms in total. The van der Waals surface area contributed by atoms with Gasteiger partial charge in [-0.2, -0.15) is 0 Å². The number of hydrogen-bond donors (Lipinski definition) is 0. The van der Waals surface area contributed by atoms with Crippen molar-refractivity contribution in [3.8, 4) is 0 Å². The van der Waals surface area contributed by atoms with Crippen LogP contribution in [0.15, 0.2) is 0 Å². The Morgan fingerprint density at radius 1 is 1.15 bits per heavy atom. The maximum atomic E-state index is 11.3. The number of methoxy groups -OCH3 is 1. The molecule has 0 bridgehead atoms. The lowest BCUT2D eigenvalue weighted by Gasteiger charge is -2.10. The highest BCUT2D eigenvalue weighted by atomic mass is 32.2. The number of rotatable bonds is 7. The Labute approximate surface area is 80.9 Å². The van der Waals surface area contributed by atoms with E-state index >= 15 is 0 Å². The lowest BCUT2D eigenvalue weighted by atomic mass is 10.3. The maximum Gasteiger partial charge on any atom is 0.213 e. The molecule has 0 aromatic heterocycles. The van der Waals surface area contributed by atoms with Crippen LogP contribution in [0.1, 0.15) is 19.3 Å². The van der Waals surface area contributed by atoms with E-state index < -0.39 is 10.0 Å². The normalized spacial score (nSPS) is 12.3. The summed E-state index contributed by atoms with van der Waals surface area (Å²) in [6.45, 7) is 0.710.